The largest absolute Gasteiger partial charge is 0.364 e. The molecule has 0 saturated carbocycles. The highest BCUT2D eigenvalue weighted by atomic mass is 15.0. The second-order valence-corrected chi connectivity index (χ2v) is 3.88. The molecular formula is C11H16N2. The van der Waals surface area contributed by atoms with Crippen LogP contribution in [-0.4, -0.2) is 24.0 Å². The van der Waals surface area contributed by atoms with Gasteiger partial charge in [-0.3, -0.25) is 0 Å². The van der Waals surface area contributed by atoms with Crippen molar-refractivity contribution < 1.29 is 0 Å². The van der Waals surface area contributed by atoms with Crippen LogP contribution in [-0.2, 0) is 13.0 Å². The third-order valence-corrected chi connectivity index (χ3v) is 2.42. The Hall–Kier alpha value is -1.02. The minimum atomic E-state index is 1.02. The molecule has 0 unspecified atom stereocenters. The predicted molar refractivity (Wildman–Crippen MR) is 55.5 cm³/mol. The molecule has 0 amide bonds. The fourth-order valence-corrected chi connectivity index (χ4v) is 1.84. The topological polar surface area (TPSA) is 19.0 Å². The lowest BCUT2D eigenvalue weighted by Crippen LogP contribution is -2.11. The van der Waals surface area contributed by atoms with Gasteiger partial charge in [-0.1, -0.05) is 12.2 Å². The zero-order chi connectivity index (χ0) is 9.26. The van der Waals surface area contributed by atoms with Crippen LogP contribution in [0.2, 0.25) is 0 Å². The Bertz CT molecular complexity index is 321. The Balaban J connectivity index is 2.28. The third kappa shape index (κ3) is 1.68. The van der Waals surface area contributed by atoms with Crippen LogP contribution in [0.4, 0.5) is 0 Å². The monoisotopic (exact) mass is 176 g/mol. The van der Waals surface area contributed by atoms with Crippen molar-refractivity contribution in [2.24, 2.45) is 0 Å². The molecule has 0 aromatic carbocycles. The van der Waals surface area contributed by atoms with Crippen molar-refractivity contribution >= 4 is 6.08 Å². The second-order valence-electron chi connectivity index (χ2n) is 3.88. The van der Waals surface area contributed by atoms with Crippen LogP contribution in [0, 0.1) is 0 Å². The molecule has 70 valence electrons. The summed E-state index contributed by atoms with van der Waals surface area (Å²) < 4.78 is 0. The van der Waals surface area contributed by atoms with Crippen LogP contribution in [0.25, 0.3) is 6.08 Å². The number of aromatic amines is 1. The average molecular weight is 176 g/mol. The van der Waals surface area contributed by atoms with Crippen molar-refractivity contribution in [1.29, 1.82) is 0 Å². The van der Waals surface area contributed by atoms with Gasteiger partial charge in [0.05, 0.1) is 0 Å². The molecule has 2 heteroatoms. The summed E-state index contributed by atoms with van der Waals surface area (Å²) in [5.41, 5.74) is 4.23. The van der Waals surface area contributed by atoms with Crippen LogP contribution in [0.15, 0.2) is 12.3 Å². The van der Waals surface area contributed by atoms with E-state index in [1.54, 1.807) is 0 Å². The molecule has 0 fully saturated rings. The van der Waals surface area contributed by atoms with Crippen LogP contribution in [0.5, 0.6) is 0 Å². The average Bonchev–Trinajstić information content (AvgIpc) is 2.48. The van der Waals surface area contributed by atoms with Gasteiger partial charge >= 0.3 is 0 Å². The molecule has 1 heterocycles. The van der Waals surface area contributed by atoms with Crippen molar-refractivity contribution in [3.63, 3.8) is 0 Å². The van der Waals surface area contributed by atoms with Gasteiger partial charge < -0.3 is 9.88 Å². The Labute approximate surface area is 79.3 Å². The molecule has 0 bridgehead atoms. The van der Waals surface area contributed by atoms with Gasteiger partial charge in [0.15, 0.2) is 0 Å². The van der Waals surface area contributed by atoms with E-state index in [1.165, 1.54) is 29.7 Å². The van der Waals surface area contributed by atoms with E-state index in [0.717, 1.165) is 6.54 Å². The Morgan fingerprint density at radius 3 is 3.08 bits per heavy atom. The van der Waals surface area contributed by atoms with Gasteiger partial charge in [-0.15, -0.1) is 0 Å². The maximum Gasteiger partial charge on any atom is 0.0248 e. The molecule has 1 aromatic heterocycles. The van der Waals surface area contributed by atoms with E-state index in [4.69, 9.17) is 0 Å². The van der Waals surface area contributed by atoms with Gasteiger partial charge in [0, 0.05) is 18.4 Å². The number of nitrogens with one attached hydrogen (secondary N) is 1. The number of H-pyrrole nitrogens is 1. The SMILES string of the molecule is CN(C)Cc1c[nH]c2c1C=CCC2. The minimum absolute atomic E-state index is 1.02. The summed E-state index contributed by atoms with van der Waals surface area (Å²) in [5, 5.41) is 0. The molecule has 0 radical (unpaired) electrons. The zero-order valence-corrected chi connectivity index (χ0v) is 8.30. The summed E-state index contributed by atoms with van der Waals surface area (Å²) >= 11 is 0. The molecule has 0 aliphatic heterocycles. The van der Waals surface area contributed by atoms with Crippen molar-refractivity contribution in [2.45, 2.75) is 19.4 Å². The van der Waals surface area contributed by atoms with Gasteiger partial charge in [0.2, 0.25) is 0 Å². The lowest BCUT2D eigenvalue weighted by molar-refractivity contribution is 0.402. The molecule has 1 aliphatic carbocycles. The first-order chi connectivity index (χ1) is 6.27. The van der Waals surface area contributed by atoms with Crippen molar-refractivity contribution in [1.82, 2.24) is 9.88 Å². The van der Waals surface area contributed by atoms with E-state index in [9.17, 15) is 0 Å². The third-order valence-electron chi connectivity index (χ3n) is 2.42. The summed E-state index contributed by atoms with van der Waals surface area (Å²) in [6, 6.07) is 0. The Morgan fingerprint density at radius 2 is 2.31 bits per heavy atom. The number of allylic oxidation sites excluding steroid dienone is 1. The number of hydrogen-bond donors (Lipinski definition) is 1. The van der Waals surface area contributed by atoms with Crippen LogP contribution >= 0.6 is 0 Å². The first-order valence-corrected chi connectivity index (χ1v) is 4.78. The minimum Gasteiger partial charge on any atom is -0.364 e. The molecular weight excluding hydrogens is 160 g/mol. The fraction of sp³-hybridized carbons (Fsp3) is 0.455. The number of hydrogen-bond acceptors (Lipinski definition) is 1. The number of aromatic nitrogens is 1. The summed E-state index contributed by atoms with van der Waals surface area (Å²) in [4.78, 5) is 5.55. The number of rotatable bonds is 2. The quantitative estimate of drug-likeness (QED) is 0.730. The second kappa shape index (κ2) is 3.38. The fourth-order valence-electron chi connectivity index (χ4n) is 1.84. The van der Waals surface area contributed by atoms with Crippen LogP contribution in [0.1, 0.15) is 23.2 Å². The van der Waals surface area contributed by atoms with E-state index in [2.05, 4.69) is 42.3 Å². The van der Waals surface area contributed by atoms with Crippen molar-refractivity contribution in [3.8, 4) is 0 Å². The maximum absolute atomic E-state index is 3.35. The van der Waals surface area contributed by atoms with E-state index >= 15 is 0 Å². The predicted octanol–water partition coefficient (Wildman–Crippen LogP) is 2.04. The van der Waals surface area contributed by atoms with E-state index in [-0.39, 0.29) is 0 Å². The van der Waals surface area contributed by atoms with E-state index < -0.39 is 0 Å². The molecule has 0 spiro atoms. The normalized spacial score (nSPS) is 15.0. The van der Waals surface area contributed by atoms with Crippen LogP contribution in [0.3, 0.4) is 0 Å². The molecule has 1 aliphatic rings. The van der Waals surface area contributed by atoms with E-state index in [1.807, 2.05) is 0 Å². The lowest BCUT2D eigenvalue weighted by Gasteiger charge is -2.11. The summed E-state index contributed by atoms with van der Waals surface area (Å²) in [7, 11) is 4.21. The molecule has 2 nitrogen and oxygen atoms in total. The summed E-state index contributed by atoms with van der Waals surface area (Å²) in [6.45, 7) is 1.02. The van der Waals surface area contributed by atoms with Crippen molar-refractivity contribution in [2.75, 3.05) is 14.1 Å². The first-order valence-electron chi connectivity index (χ1n) is 4.78. The molecule has 2 rings (SSSR count). The molecule has 0 saturated heterocycles. The van der Waals surface area contributed by atoms with Gasteiger partial charge in [-0.2, -0.15) is 0 Å². The summed E-state index contributed by atoms with van der Waals surface area (Å²) in [6.07, 6.45) is 8.98. The number of aryl methyl sites for hydroxylation is 1. The molecule has 13 heavy (non-hydrogen) atoms. The molecule has 1 N–H and O–H groups in total. The van der Waals surface area contributed by atoms with E-state index in [0.29, 0.717) is 0 Å². The highest BCUT2D eigenvalue weighted by molar-refractivity contribution is 5.58. The molecule has 1 aromatic rings. The Morgan fingerprint density at radius 1 is 1.46 bits per heavy atom. The van der Waals surface area contributed by atoms with Gasteiger partial charge in [0.1, 0.15) is 0 Å². The smallest absolute Gasteiger partial charge is 0.0248 e. The number of nitrogens with zero attached hydrogens (tertiary/aromatic N) is 1. The number of fused-ring (bicyclic) bond motifs is 1. The standard InChI is InChI=1S/C11H16N2/c1-13(2)8-9-7-12-11-6-4-3-5-10(9)11/h3,5,7,12H,4,6,8H2,1-2H3. The van der Waals surface area contributed by atoms with Gasteiger partial charge in [-0.05, 0) is 38.1 Å². The Kier molecular flexibility index (Phi) is 2.23. The highest BCUT2D eigenvalue weighted by Gasteiger charge is 2.11. The maximum atomic E-state index is 3.35. The van der Waals surface area contributed by atoms with Crippen molar-refractivity contribution in [3.05, 3.63) is 29.1 Å². The summed E-state index contributed by atoms with van der Waals surface area (Å²) in [5.74, 6) is 0. The zero-order valence-electron chi connectivity index (χ0n) is 8.30. The highest BCUT2D eigenvalue weighted by Crippen LogP contribution is 2.22. The first kappa shape index (κ1) is 8.57. The molecule has 0 atom stereocenters. The van der Waals surface area contributed by atoms with Gasteiger partial charge in [-0.25, -0.2) is 0 Å². The van der Waals surface area contributed by atoms with Crippen LogP contribution < -0.4 is 0 Å². The lowest BCUT2D eigenvalue weighted by atomic mass is 10.0. The van der Waals surface area contributed by atoms with Gasteiger partial charge in [0.25, 0.3) is 0 Å².